The smallest absolute Gasteiger partial charge is 0.237 e. The van der Waals surface area contributed by atoms with Crippen molar-refractivity contribution in [3.63, 3.8) is 0 Å². The molecule has 0 saturated heterocycles. The Labute approximate surface area is 89.9 Å². The van der Waals surface area contributed by atoms with Crippen molar-refractivity contribution in [2.75, 3.05) is 11.9 Å². The average molecular weight is 201 g/mol. The monoisotopic (exact) mass is 201 g/mol. The second-order valence-electron chi connectivity index (χ2n) is 4.61. The molecule has 1 amide bonds. The van der Waals surface area contributed by atoms with Crippen molar-refractivity contribution in [1.82, 2.24) is 0 Å². The number of benzene rings is 1. The molecule has 0 unspecified atom stereocenters. The van der Waals surface area contributed by atoms with E-state index in [9.17, 15) is 4.79 Å². The Morgan fingerprint density at radius 3 is 2.73 bits per heavy atom. The second-order valence-corrected chi connectivity index (χ2v) is 4.61. The van der Waals surface area contributed by atoms with E-state index in [0.29, 0.717) is 5.91 Å². The zero-order chi connectivity index (χ0) is 10.6. The second kappa shape index (κ2) is 2.63. The third-order valence-electron chi connectivity index (χ3n) is 3.82. The molecule has 15 heavy (non-hydrogen) atoms. The van der Waals surface area contributed by atoms with E-state index < -0.39 is 0 Å². The number of rotatable bonds is 1. The van der Waals surface area contributed by atoms with Gasteiger partial charge in [0.25, 0.3) is 0 Å². The third kappa shape index (κ3) is 0.921. The number of fused-ring (bicyclic) bond motifs is 2. The Kier molecular flexibility index (Phi) is 1.57. The molecular formula is C13H15NO. The van der Waals surface area contributed by atoms with Gasteiger partial charge in [-0.1, -0.05) is 25.1 Å². The molecule has 2 heteroatoms. The molecule has 1 saturated carbocycles. The summed E-state index contributed by atoms with van der Waals surface area (Å²) in [5.74, 6) is 0.304. The van der Waals surface area contributed by atoms with Gasteiger partial charge in [-0.05, 0) is 30.4 Å². The van der Waals surface area contributed by atoms with E-state index in [1.165, 1.54) is 16.8 Å². The molecule has 1 aromatic rings. The molecule has 2 aliphatic rings. The van der Waals surface area contributed by atoms with Crippen molar-refractivity contribution in [2.24, 2.45) is 0 Å². The predicted molar refractivity (Wildman–Crippen MR) is 60.1 cm³/mol. The summed E-state index contributed by atoms with van der Waals surface area (Å²) in [6.07, 6.45) is 3.07. The van der Waals surface area contributed by atoms with Gasteiger partial charge in [-0.25, -0.2) is 0 Å². The van der Waals surface area contributed by atoms with Gasteiger partial charge in [-0.15, -0.1) is 0 Å². The van der Waals surface area contributed by atoms with Crippen molar-refractivity contribution >= 4 is 11.6 Å². The number of hydrogen-bond acceptors (Lipinski definition) is 1. The number of para-hydroxylation sites is 1. The zero-order valence-corrected chi connectivity index (χ0v) is 9.21. The average Bonchev–Trinajstić information content (AvgIpc) is 3.03. The summed E-state index contributed by atoms with van der Waals surface area (Å²) < 4.78 is 0. The van der Waals surface area contributed by atoms with Crippen molar-refractivity contribution in [3.05, 3.63) is 29.3 Å². The molecule has 1 aliphatic carbocycles. The van der Waals surface area contributed by atoms with Gasteiger partial charge in [0.1, 0.15) is 0 Å². The highest BCUT2D eigenvalue weighted by Crippen LogP contribution is 2.57. The van der Waals surface area contributed by atoms with Gasteiger partial charge in [-0.2, -0.15) is 0 Å². The summed E-state index contributed by atoms with van der Waals surface area (Å²) in [6.45, 7) is 2.14. The van der Waals surface area contributed by atoms with Crippen molar-refractivity contribution in [2.45, 2.75) is 31.6 Å². The maximum Gasteiger partial charge on any atom is 0.237 e. The number of hydrogen-bond donors (Lipinski definition) is 0. The summed E-state index contributed by atoms with van der Waals surface area (Å²) >= 11 is 0. The molecule has 1 heterocycles. The highest BCUT2D eigenvalue weighted by molar-refractivity contribution is 6.10. The SMILES string of the molecule is CCc1cccc2c1N(C)C(=O)C21CC1. The van der Waals surface area contributed by atoms with Crippen LogP contribution in [-0.2, 0) is 16.6 Å². The minimum Gasteiger partial charge on any atom is -0.314 e. The van der Waals surface area contributed by atoms with Crippen molar-refractivity contribution < 1.29 is 4.79 Å². The summed E-state index contributed by atoms with van der Waals surface area (Å²) in [4.78, 5) is 14.0. The molecular weight excluding hydrogens is 186 g/mol. The molecule has 0 aromatic heterocycles. The van der Waals surface area contributed by atoms with Crippen LogP contribution in [0.25, 0.3) is 0 Å². The maximum absolute atomic E-state index is 12.1. The fraction of sp³-hybridized carbons (Fsp3) is 0.462. The quantitative estimate of drug-likeness (QED) is 0.682. The fourth-order valence-electron chi connectivity index (χ4n) is 2.80. The standard InChI is InChI=1S/C13H15NO/c1-3-9-5-4-6-10-11(9)14(2)12(15)13(10)7-8-13/h4-6H,3,7-8H2,1-2H3. The summed E-state index contributed by atoms with van der Waals surface area (Å²) in [7, 11) is 1.91. The lowest BCUT2D eigenvalue weighted by atomic mass is 9.95. The minimum atomic E-state index is -0.116. The molecule has 0 atom stereocenters. The highest BCUT2D eigenvalue weighted by Gasteiger charge is 2.58. The number of anilines is 1. The molecule has 0 radical (unpaired) electrons. The van der Waals surface area contributed by atoms with Crippen LogP contribution in [0.1, 0.15) is 30.9 Å². The van der Waals surface area contributed by atoms with Gasteiger partial charge in [-0.3, -0.25) is 4.79 Å². The van der Waals surface area contributed by atoms with E-state index in [-0.39, 0.29) is 5.41 Å². The van der Waals surface area contributed by atoms with Crippen LogP contribution in [0.15, 0.2) is 18.2 Å². The summed E-state index contributed by atoms with van der Waals surface area (Å²) in [5, 5.41) is 0. The molecule has 0 bridgehead atoms. The number of amides is 1. The number of likely N-dealkylation sites (N-methyl/N-ethyl adjacent to an activating group) is 1. The van der Waals surface area contributed by atoms with Crippen LogP contribution >= 0.6 is 0 Å². The molecule has 1 aromatic carbocycles. The van der Waals surface area contributed by atoms with Crippen LogP contribution < -0.4 is 4.90 Å². The van der Waals surface area contributed by atoms with E-state index in [2.05, 4.69) is 25.1 Å². The molecule has 3 rings (SSSR count). The van der Waals surface area contributed by atoms with Gasteiger partial charge in [0.05, 0.1) is 11.1 Å². The first-order valence-electron chi connectivity index (χ1n) is 5.61. The fourth-order valence-corrected chi connectivity index (χ4v) is 2.80. The minimum absolute atomic E-state index is 0.116. The van der Waals surface area contributed by atoms with Crippen molar-refractivity contribution in [1.29, 1.82) is 0 Å². The topological polar surface area (TPSA) is 20.3 Å². The first-order valence-corrected chi connectivity index (χ1v) is 5.61. The Hall–Kier alpha value is -1.31. The Morgan fingerprint density at radius 2 is 2.13 bits per heavy atom. The Balaban J connectivity index is 2.26. The number of nitrogens with zero attached hydrogens (tertiary/aromatic N) is 1. The number of carbonyl (C=O) groups is 1. The van der Waals surface area contributed by atoms with Gasteiger partial charge in [0.15, 0.2) is 0 Å². The van der Waals surface area contributed by atoms with E-state index in [0.717, 1.165) is 19.3 Å². The Bertz CT molecular complexity index is 446. The lowest BCUT2D eigenvalue weighted by Gasteiger charge is -2.13. The van der Waals surface area contributed by atoms with Gasteiger partial charge < -0.3 is 4.90 Å². The van der Waals surface area contributed by atoms with Crippen LogP contribution in [0.5, 0.6) is 0 Å². The molecule has 0 N–H and O–H groups in total. The number of aryl methyl sites for hydroxylation is 1. The van der Waals surface area contributed by atoms with Crippen molar-refractivity contribution in [3.8, 4) is 0 Å². The van der Waals surface area contributed by atoms with Crippen LogP contribution in [-0.4, -0.2) is 13.0 Å². The van der Waals surface area contributed by atoms with Crippen LogP contribution in [0.4, 0.5) is 5.69 Å². The largest absolute Gasteiger partial charge is 0.314 e. The lowest BCUT2D eigenvalue weighted by Crippen LogP contribution is -2.28. The maximum atomic E-state index is 12.1. The first-order chi connectivity index (χ1) is 7.20. The highest BCUT2D eigenvalue weighted by atomic mass is 16.2. The van der Waals surface area contributed by atoms with E-state index >= 15 is 0 Å². The molecule has 1 aliphatic heterocycles. The van der Waals surface area contributed by atoms with Gasteiger partial charge in [0.2, 0.25) is 5.91 Å². The van der Waals surface area contributed by atoms with Crippen LogP contribution in [0.2, 0.25) is 0 Å². The first kappa shape index (κ1) is 8.96. The number of carbonyl (C=O) groups excluding carboxylic acids is 1. The zero-order valence-electron chi connectivity index (χ0n) is 9.21. The van der Waals surface area contributed by atoms with Crippen LogP contribution in [0.3, 0.4) is 0 Å². The van der Waals surface area contributed by atoms with E-state index in [1.54, 1.807) is 0 Å². The lowest BCUT2D eigenvalue weighted by molar-refractivity contribution is -0.119. The molecule has 2 nitrogen and oxygen atoms in total. The molecule has 78 valence electrons. The third-order valence-corrected chi connectivity index (χ3v) is 3.82. The molecule has 1 spiro atoms. The normalized spacial score (nSPS) is 20.9. The van der Waals surface area contributed by atoms with E-state index in [1.807, 2.05) is 11.9 Å². The predicted octanol–water partition coefficient (Wildman–Crippen LogP) is 2.26. The van der Waals surface area contributed by atoms with E-state index in [4.69, 9.17) is 0 Å². The van der Waals surface area contributed by atoms with Gasteiger partial charge >= 0.3 is 0 Å². The molecule has 1 fully saturated rings. The van der Waals surface area contributed by atoms with Crippen LogP contribution in [0, 0.1) is 0 Å². The Morgan fingerprint density at radius 1 is 1.40 bits per heavy atom. The summed E-state index contributed by atoms with van der Waals surface area (Å²) in [5.41, 5.74) is 3.64. The van der Waals surface area contributed by atoms with Gasteiger partial charge in [0, 0.05) is 7.05 Å². The summed E-state index contributed by atoms with van der Waals surface area (Å²) in [6, 6.07) is 6.34.